The van der Waals surface area contributed by atoms with E-state index in [4.69, 9.17) is 4.74 Å². The predicted molar refractivity (Wildman–Crippen MR) is 90.5 cm³/mol. The molecule has 3 heterocycles. The Morgan fingerprint density at radius 3 is 2.87 bits per heavy atom. The summed E-state index contributed by atoms with van der Waals surface area (Å²) in [6.45, 7) is 5.37. The van der Waals surface area contributed by atoms with Crippen LogP contribution in [0, 0.1) is 6.92 Å². The van der Waals surface area contributed by atoms with Crippen LogP contribution in [0.2, 0.25) is 0 Å². The van der Waals surface area contributed by atoms with E-state index in [1.54, 1.807) is 0 Å². The second-order valence-electron chi connectivity index (χ2n) is 6.33. The molecule has 1 saturated heterocycles. The van der Waals surface area contributed by atoms with E-state index in [1.165, 1.54) is 0 Å². The Labute approximate surface area is 137 Å². The highest BCUT2D eigenvalue weighted by molar-refractivity contribution is 5.47. The smallest absolute Gasteiger partial charge is 0.122 e. The van der Waals surface area contributed by atoms with Crippen LogP contribution in [-0.2, 0) is 18.3 Å². The van der Waals surface area contributed by atoms with Crippen molar-refractivity contribution in [3.05, 3.63) is 41.7 Å². The summed E-state index contributed by atoms with van der Waals surface area (Å²) in [6.07, 6.45) is 3.85. The van der Waals surface area contributed by atoms with E-state index in [-0.39, 0.29) is 6.10 Å². The minimum Gasteiger partial charge on any atom is -0.378 e. The lowest BCUT2D eigenvalue weighted by Gasteiger charge is -2.32. The molecule has 124 valence electrons. The number of hydrogen-bond donors (Lipinski definition) is 0. The van der Waals surface area contributed by atoms with Crippen LogP contribution < -0.4 is 4.90 Å². The van der Waals surface area contributed by atoms with Crippen LogP contribution in [0.25, 0.3) is 0 Å². The summed E-state index contributed by atoms with van der Waals surface area (Å²) in [4.78, 5) is 13.6. The van der Waals surface area contributed by atoms with Crippen LogP contribution in [0.3, 0.4) is 0 Å². The average molecular weight is 315 g/mol. The molecule has 0 radical (unpaired) electrons. The van der Waals surface area contributed by atoms with Crippen LogP contribution in [0.5, 0.6) is 0 Å². The molecule has 1 unspecified atom stereocenters. The first kappa shape index (κ1) is 16.0. The number of imidazole rings is 1. The molecule has 0 amide bonds. The van der Waals surface area contributed by atoms with Gasteiger partial charge in [0.1, 0.15) is 11.9 Å². The maximum atomic E-state index is 5.98. The van der Waals surface area contributed by atoms with E-state index in [1.807, 2.05) is 40.5 Å². The van der Waals surface area contributed by atoms with E-state index in [9.17, 15) is 0 Å². The SMILES string of the molecule is Cc1cc(N(C)C)cc(C2CN(Cc3nccn3C)CCO2)n1. The molecule has 2 aromatic rings. The fraction of sp³-hybridized carbons (Fsp3) is 0.529. The fourth-order valence-corrected chi connectivity index (χ4v) is 2.87. The third-order valence-electron chi connectivity index (χ3n) is 4.24. The molecular formula is C17H25N5O. The van der Waals surface area contributed by atoms with Crippen molar-refractivity contribution in [2.45, 2.75) is 19.6 Å². The number of morpholine rings is 1. The van der Waals surface area contributed by atoms with Crippen LogP contribution in [0.1, 0.15) is 23.3 Å². The lowest BCUT2D eigenvalue weighted by Crippen LogP contribution is -2.38. The Bertz CT molecular complexity index is 667. The van der Waals surface area contributed by atoms with E-state index in [0.29, 0.717) is 0 Å². The van der Waals surface area contributed by atoms with E-state index < -0.39 is 0 Å². The van der Waals surface area contributed by atoms with Crippen molar-refractivity contribution in [3.63, 3.8) is 0 Å². The first-order valence-corrected chi connectivity index (χ1v) is 7.99. The molecule has 23 heavy (non-hydrogen) atoms. The first-order valence-electron chi connectivity index (χ1n) is 7.99. The lowest BCUT2D eigenvalue weighted by atomic mass is 10.1. The van der Waals surface area contributed by atoms with Gasteiger partial charge in [0.05, 0.1) is 18.8 Å². The second-order valence-corrected chi connectivity index (χ2v) is 6.33. The predicted octanol–water partition coefficient (Wildman–Crippen LogP) is 1.76. The standard InChI is InChI=1S/C17H25N5O/c1-13-9-14(20(2)3)10-15(19-13)16-11-22(7-8-23-16)12-17-18-5-6-21(17)4/h5-6,9-10,16H,7-8,11-12H2,1-4H3. The third-order valence-corrected chi connectivity index (χ3v) is 4.24. The highest BCUT2D eigenvalue weighted by atomic mass is 16.5. The largest absolute Gasteiger partial charge is 0.378 e. The molecule has 0 N–H and O–H groups in total. The molecule has 1 aliphatic rings. The van der Waals surface area contributed by atoms with Crippen LogP contribution in [-0.4, -0.2) is 53.2 Å². The second kappa shape index (κ2) is 6.68. The molecule has 1 aliphatic heterocycles. The molecule has 2 aromatic heterocycles. The maximum Gasteiger partial charge on any atom is 0.122 e. The number of aryl methyl sites for hydroxylation is 2. The highest BCUT2D eigenvalue weighted by Crippen LogP contribution is 2.25. The van der Waals surface area contributed by atoms with Gasteiger partial charge in [0, 0.05) is 58.0 Å². The maximum absolute atomic E-state index is 5.98. The third kappa shape index (κ3) is 3.71. The van der Waals surface area contributed by atoms with Gasteiger partial charge in [-0.05, 0) is 19.1 Å². The molecule has 3 rings (SSSR count). The van der Waals surface area contributed by atoms with Crippen LogP contribution in [0.15, 0.2) is 24.5 Å². The molecule has 1 atom stereocenters. The van der Waals surface area contributed by atoms with Gasteiger partial charge in [0.25, 0.3) is 0 Å². The molecule has 6 nitrogen and oxygen atoms in total. The van der Waals surface area contributed by atoms with Crippen molar-refractivity contribution in [2.24, 2.45) is 7.05 Å². The van der Waals surface area contributed by atoms with Gasteiger partial charge in [-0.1, -0.05) is 0 Å². The molecule has 0 saturated carbocycles. The highest BCUT2D eigenvalue weighted by Gasteiger charge is 2.24. The van der Waals surface area contributed by atoms with Gasteiger partial charge in [-0.25, -0.2) is 4.98 Å². The fourth-order valence-electron chi connectivity index (χ4n) is 2.87. The zero-order valence-corrected chi connectivity index (χ0v) is 14.4. The molecule has 0 aromatic carbocycles. The van der Waals surface area contributed by atoms with Gasteiger partial charge < -0.3 is 14.2 Å². The average Bonchev–Trinajstić information content (AvgIpc) is 2.92. The van der Waals surface area contributed by atoms with Gasteiger partial charge in [-0.2, -0.15) is 0 Å². The number of ether oxygens (including phenoxy) is 1. The first-order chi connectivity index (χ1) is 11.0. The Balaban J connectivity index is 1.74. The van der Waals surface area contributed by atoms with Crippen LogP contribution in [0.4, 0.5) is 5.69 Å². The van der Waals surface area contributed by atoms with Crippen LogP contribution >= 0.6 is 0 Å². The van der Waals surface area contributed by atoms with Crippen molar-refractivity contribution >= 4 is 5.69 Å². The Kier molecular flexibility index (Phi) is 4.63. The van der Waals surface area contributed by atoms with Crippen molar-refractivity contribution in [2.75, 3.05) is 38.7 Å². The van der Waals surface area contributed by atoms with Crippen molar-refractivity contribution < 1.29 is 4.74 Å². The number of hydrogen-bond acceptors (Lipinski definition) is 5. The van der Waals surface area contributed by atoms with Crippen molar-refractivity contribution in [1.29, 1.82) is 0 Å². The molecule has 0 spiro atoms. The number of anilines is 1. The van der Waals surface area contributed by atoms with Gasteiger partial charge in [-0.3, -0.25) is 9.88 Å². The van der Waals surface area contributed by atoms with Gasteiger partial charge in [0.2, 0.25) is 0 Å². The quantitative estimate of drug-likeness (QED) is 0.860. The minimum atomic E-state index is 0.0163. The van der Waals surface area contributed by atoms with Gasteiger partial charge >= 0.3 is 0 Å². The summed E-state index contributed by atoms with van der Waals surface area (Å²) < 4.78 is 8.05. The molecule has 6 heteroatoms. The number of nitrogens with zero attached hydrogens (tertiary/aromatic N) is 5. The van der Waals surface area contributed by atoms with E-state index in [0.717, 1.165) is 49.1 Å². The monoisotopic (exact) mass is 315 g/mol. The topological polar surface area (TPSA) is 46.4 Å². The Morgan fingerprint density at radius 1 is 1.35 bits per heavy atom. The zero-order chi connectivity index (χ0) is 16.4. The van der Waals surface area contributed by atoms with E-state index >= 15 is 0 Å². The minimum absolute atomic E-state index is 0.0163. The number of rotatable bonds is 4. The Hall–Kier alpha value is -1.92. The summed E-state index contributed by atoms with van der Waals surface area (Å²) >= 11 is 0. The summed E-state index contributed by atoms with van der Waals surface area (Å²) in [5.41, 5.74) is 3.20. The number of aromatic nitrogens is 3. The van der Waals surface area contributed by atoms with Crippen molar-refractivity contribution in [3.8, 4) is 0 Å². The molecule has 1 fully saturated rings. The Morgan fingerprint density at radius 2 is 2.17 bits per heavy atom. The van der Waals surface area contributed by atoms with Gasteiger partial charge in [0.15, 0.2) is 0 Å². The number of pyridine rings is 1. The summed E-state index contributed by atoms with van der Waals surface area (Å²) in [5, 5.41) is 0. The zero-order valence-electron chi connectivity index (χ0n) is 14.4. The summed E-state index contributed by atoms with van der Waals surface area (Å²) in [5.74, 6) is 1.08. The molecule has 0 bridgehead atoms. The van der Waals surface area contributed by atoms with E-state index in [2.05, 4.69) is 36.5 Å². The van der Waals surface area contributed by atoms with Crippen molar-refractivity contribution in [1.82, 2.24) is 19.4 Å². The lowest BCUT2D eigenvalue weighted by molar-refractivity contribution is -0.0359. The molecule has 0 aliphatic carbocycles. The summed E-state index contributed by atoms with van der Waals surface area (Å²) in [7, 11) is 6.13. The molecular weight excluding hydrogens is 290 g/mol. The van der Waals surface area contributed by atoms with Gasteiger partial charge in [-0.15, -0.1) is 0 Å². The summed E-state index contributed by atoms with van der Waals surface area (Å²) in [6, 6.07) is 4.22. The normalized spacial score (nSPS) is 19.0.